The van der Waals surface area contributed by atoms with Crippen LogP contribution in [0, 0.1) is 0 Å². The van der Waals surface area contributed by atoms with Crippen LogP contribution in [0.2, 0.25) is 0 Å². The highest BCUT2D eigenvalue weighted by Gasteiger charge is 2.05. The minimum absolute atomic E-state index is 0.460. The Morgan fingerprint density at radius 3 is 3.18 bits per heavy atom. The van der Waals surface area contributed by atoms with Crippen molar-refractivity contribution in [3.8, 4) is 0 Å². The molecule has 0 spiro atoms. The summed E-state index contributed by atoms with van der Waals surface area (Å²) in [5, 5.41) is 3.04. The minimum atomic E-state index is 0.460. The monoisotopic (exact) mass is 229 g/mol. The first-order valence-corrected chi connectivity index (χ1v) is 5.19. The SMILES string of the molecule is Nc1ccc2oc(NCc3ncc[nH]3)nc2c1. The average molecular weight is 229 g/mol. The zero-order chi connectivity index (χ0) is 11.7. The van der Waals surface area contributed by atoms with E-state index in [1.165, 1.54) is 0 Å². The molecule has 2 aromatic heterocycles. The van der Waals surface area contributed by atoms with Crippen LogP contribution in [0.1, 0.15) is 5.82 Å². The van der Waals surface area contributed by atoms with Gasteiger partial charge in [0.05, 0.1) is 6.54 Å². The van der Waals surface area contributed by atoms with Crippen molar-refractivity contribution in [2.24, 2.45) is 0 Å². The van der Waals surface area contributed by atoms with Gasteiger partial charge >= 0.3 is 0 Å². The highest BCUT2D eigenvalue weighted by molar-refractivity contribution is 5.78. The predicted molar refractivity (Wildman–Crippen MR) is 64.3 cm³/mol. The quantitative estimate of drug-likeness (QED) is 0.595. The number of nitrogens with two attached hydrogens (primary N) is 1. The molecule has 0 atom stereocenters. The van der Waals surface area contributed by atoms with Crippen LogP contribution in [0.25, 0.3) is 11.1 Å². The maximum Gasteiger partial charge on any atom is 0.296 e. The van der Waals surface area contributed by atoms with Gasteiger partial charge in [0.2, 0.25) is 0 Å². The Balaban J connectivity index is 1.81. The van der Waals surface area contributed by atoms with Gasteiger partial charge in [-0.2, -0.15) is 4.98 Å². The molecule has 0 aliphatic heterocycles. The second-order valence-corrected chi connectivity index (χ2v) is 3.64. The fourth-order valence-corrected chi connectivity index (χ4v) is 1.57. The third kappa shape index (κ3) is 1.92. The lowest BCUT2D eigenvalue weighted by atomic mass is 10.3. The number of hydrogen-bond acceptors (Lipinski definition) is 5. The maximum atomic E-state index is 5.67. The van der Waals surface area contributed by atoms with Crippen molar-refractivity contribution in [1.29, 1.82) is 0 Å². The Hall–Kier alpha value is -2.50. The number of hydrogen-bond donors (Lipinski definition) is 3. The molecule has 3 rings (SSSR count). The van der Waals surface area contributed by atoms with Crippen molar-refractivity contribution < 1.29 is 4.42 Å². The van der Waals surface area contributed by atoms with E-state index >= 15 is 0 Å². The molecule has 0 aliphatic carbocycles. The minimum Gasteiger partial charge on any atom is -0.424 e. The van der Waals surface area contributed by atoms with Crippen LogP contribution in [0.15, 0.2) is 35.0 Å². The number of imidazole rings is 1. The Bertz CT molecular complexity index is 628. The second kappa shape index (κ2) is 3.82. The third-order valence-corrected chi connectivity index (χ3v) is 2.37. The average Bonchev–Trinajstić information content (AvgIpc) is 2.94. The molecule has 0 saturated heterocycles. The van der Waals surface area contributed by atoms with Gasteiger partial charge in [-0.25, -0.2) is 4.98 Å². The first kappa shape index (κ1) is 9.71. The number of H-pyrrole nitrogens is 1. The molecule has 86 valence electrons. The van der Waals surface area contributed by atoms with E-state index in [2.05, 4.69) is 20.3 Å². The number of nitrogen functional groups attached to an aromatic ring is 1. The number of anilines is 2. The van der Waals surface area contributed by atoms with E-state index in [0.717, 1.165) is 11.3 Å². The summed E-state index contributed by atoms with van der Waals surface area (Å²) in [5.41, 5.74) is 7.79. The summed E-state index contributed by atoms with van der Waals surface area (Å²) in [6.45, 7) is 0.537. The molecule has 0 bridgehead atoms. The predicted octanol–water partition coefficient (Wildman–Crippen LogP) is 1.75. The van der Waals surface area contributed by atoms with Gasteiger partial charge in [0.25, 0.3) is 6.01 Å². The number of fused-ring (bicyclic) bond motifs is 1. The summed E-state index contributed by atoms with van der Waals surface area (Å²) >= 11 is 0. The molecule has 0 unspecified atom stereocenters. The number of nitrogens with zero attached hydrogens (tertiary/aromatic N) is 2. The molecule has 17 heavy (non-hydrogen) atoms. The zero-order valence-electron chi connectivity index (χ0n) is 8.97. The van der Waals surface area contributed by atoms with Crippen molar-refractivity contribution in [1.82, 2.24) is 15.0 Å². The number of benzene rings is 1. The van der Waals surface area contributed by atoms with Crippen LogP contribution in [0.5, 0.6) is 0 Å². The first-order chi connectivity index (χ1) is 8.31. The topological polar surface area (TPSA) is 92.8 Å². The van der Waals surface area contributed by atoms with Gasteiger partial charge in [0.15, 0.2) is 5.58 Å². The van der Waals surface area contributed by atoms with Gasteiger partial charge in [-0.1, -0.05) is 0 Å². The van der Waals surface area contributed by atoms with Crippen LogP contribution >= 0.6 is 0 Å². The Morgan fingerprint density at radius 1 is 1.41 bits per heavy atom. The van der Waals surface area contributed by atoms with Crippen LogP contribution in [-0.4, -0.2) is 15.0 Å². The smallest absolute Gasteiger partial charge is 0.296 e. The van der Waals surface area contributed by atoms with Crippen LogP contribution in [0.3, 0.4) is 0 Å². The van der Waals surface area contributed by atoms with Gasteiger partial charge in [-0.15, -0.1) is 0 Å². The Morgan fingerprint density at radius 2 is 2.35 bits per heavy atom. The molecule has 0 radical (unpaired) electrons. The van der Waals surface area contributed by atoms with Crippen molar-refractivity contribution in [2.45, 2.75) is 6.54 Å². The fraction of sp³-hybridized carbons (Fsp3) is 0.0909. The Labute approximate surface area is 96.9 Å². The molecular formula is C11H11N5O. The third-order valence-electron chi connectivity index (χ3n) is 2.37. The van der Waals surface area contributed by atoms with E-state index in [9.17, 15) is 0 Å². The largest absolute Gasteiger partial charge is 0.424 e. The standard InChI is InChI=1S/C11H11N5O/c12-7-1-2-9-8(5-7)16-11(17-9)15-6-10-13-3-4-14-10/h1-5H,6,12H2,(H,13,14)(H,15,16). The molecule has 2 heterocycles. The van der Waals surface area contributed by atoms with Crippen LogP contribution < -0.4 is 11.1 Å². The number of nitrogens with one attached hydrogen (secondary N) is 2. The lowest BCUT2D eigenvalue weighted by Crippen LogP contribution is -2.00. The van der Waals surface area contributed by atoms with Gasteiger partial charge in [-0.3, -0.25) is 0 Å². The molecule has 0 fully saturated rings. The van der Waals surface area contributed by atoms with E-state index < -0.39 is 0 Å². The summed E-state index contributed by atoms with van der Waals surface area (Å²) in [6.07, 6.45) is 3.47. The molecule has 6 heteroatoms. The zero-order valence-corrected chi connectivity index (χ0v) is 8.97. The molecule has 0 aliphatic rings. The number of rotatable bonds is 3. The summed E-state index contributed by atoms with van der Waals surface area (Å²) < 4.78 is 5.50. The molecule has 0 amide bonds. The van der Waals surface area contributed by atoms with Gasteiger partial charge in [0.1, 0.15) is 11.3 Å². The first-order valence-electron chi connectivity index (χ1n) is 5.19. The van der Waals surface area contributed by atoms with Gasteiger partial charge < -0.3 is 20.5 Å². The summed E-state index contributed by atoms with van der Waals surface area (Å²) in [5.74, 6) is 0.826. The second-order valence-electron chi connectivity index (χ2n) is 3.64. The molecule has 6 nitrogen and oxygen atoms in total. The number of aromatic amines is 1. The van der Waals surface area contributed by atoms with E-state index in [4.69, 9.17) is 10.2 Å². The molecule has 0 saturated carbocycles. The van der Waals surface area contributed by atoms with Crippen molar-refractivity contribution in [3.63, 3.8) is 0 Å². The summed E-state index contributed by atoms with van der Waals surface area (Å²) in [6, 6.07) is 5.82. The highest BCUT2D eigenvalue weighted by Crippen LogP contribution is 2.21. The van der Waals surface area contributed by atoms with Crippen molar-refractivity contribution >= 4 is 22.8 Å². The molecule has 1 aromatic carbocycles. The Kier molecular flexibility index (Phi) is 2.18. The van der Waals surface area contributed by atoms with E-state index in [-0.39, 0.29) is 0 Å². The van der Waals surface area contributed by atoms with Crippen molar-refractivity contribution in [3.05, 3.63) is 36.4 Å². The summed E-state index contributed by atoms with van der Waals surface area (Å²) in [7, 11) is 0. The molecule has 3 aromatic rings. The van der Waals surface area contributed by atoms with Gasteiger partial charge in [-0.05, 0) is 18.2 Å². The lowest BCUT2D eigenvalue weighted by Gasteiger charge is -1.96. The van der Waals surface area contributed by atoms with Crippen molar-refractivity contribution in [2.75, 3.05) is 11.1 Å². The molecule has 4 N–H and O–H groups in total. The van der Waals surface area contributed by atoms with Crippen LogP contribution in [-0.2, 0) is 6.54 Å². The van der Waals surface area contributed by atoms with E-state index in [0.29, 0.717) is 23.8 Å². The normalized spacial score (nSPS) is 10.8. The number of aromatic nitrogens is 3. The van der Waals surface area contributed by atoms with Crippen LogP contribution in [0.4, 0.5) is 11.7 Å². The highest BCUT2D eigenvalue weighted by atomic mass is 16.4. The fourth-order valence-electron chi connectivity index (χ4n) is 1.57. The summed E-state index contributed by atoms with van der Waals surface area (Å²) in [4.78, 5) is 11.4. The lowest BCUT2D eigenvalue weighted by molar-refractivity contribution is 0.613. The van der Waals surface area contributed by atoms with Gasteiger partial charge in [0, 0.05) is 18.1 Å². The van der Waals surface area contributed by atoms with E-state index in [1.54, 1.807) is 30.6 Å². The maximum absolute atomic E-state index is 5.67. The number of oxazole rings is 1. The van der Waals surface area contributed by atoms with E-state index in [1.807, 2.05) is 0 Å². The molecular weight excluding hydrogens is 218 g/mol.